The van der Waals surface area contributed by atoms with Crippen molar-refractivity contribution in [3.05, 3.63) is 35.4 Å². The Bertz CT molecular complexity index is 421. The van der Waals surface area contributed by atoms with Crippen LogP contribution in [-0.2, 0) is 0 Å². The first-order valence-electron chi connectivity index (χ1n) is 4.64. The molecule has 0 saturated carbocycles. The zero-order valence-electron chi connectivity index (χ0n) is 9.29. The normalized spacial score (nSPS) is 11.4. The van der Waals surface area contributed by atoms with Gasteiger partial charge in [0.05, 0.1) is 0 Å². The summed E-state index contributed by atoms with van der Waals surface area (Å²) >= 11 is 0. The van der Waals surface area contributed by atoms with Crippen molar-refractivity contribution in [2.24, 2.45) is 4.99 Å². The van der Waals surface area contributed by atoms with Gasteiger partial charge in [0, 0.05) is 14.1 Å². The molecule has 0 aromatic heterocycles. The van der Waals surface area contributed by atoms with E-state index in [1.54, 1.807) is 25.9 Å². The van der Waals surface area contributed by atoms with E-state index in [9.17, 15) is 13.6 Å². The van der Waals surface area contributed by atoms with Crippen molar-refractivity contribution < 1.29 is 13.6 Å². The van der Waals surface area contributed by atoms with Gasteiger partial charge in [0.25, 0.3) is 5.91 Å². The van der Waals surface area contributed by atoms with E-state index < -0.39 is 23.1 Å². The summed E-state index contributed by atoms with van der Waals surface area (Å²) in [4.78, 5) is 16.7. The number of hydrogen-bond acceptors (Lipinski definition) is 1. The summed E-state index contributed by atoms with van der Waals surface area (Å²) in [5, 5.41) is 0. The summed E-state index contributed by atoms with van der Waals surface area (Å²) in [6.45, 7) is 1.58. The van der Waals surface area contributed by atoms with Gasteiger partial charge < -0.3 is 4.90 Å². The van der Waals surface area contributed by atoms with Crippen LogP contribution in [0.3, 0.4) is 0 Å². The Balaban J connectivity index is 3.11. The first-order valence-corrected chi connectivity index (χ1v) is 4.64. The highest BCUT2D eigenvalue weighted by Gasteiger charge is 2.16. The smallest absolute Gasteiger partial charge is 0.284 e. The predicted molar refractivity (Wildman–Crippen MR) is 57.5 cm³/mol. The number of amidine groups is 1. The first-order chi connectivity index (χ1) is 7.43. The van der Waals surface area contributed by atoms with Gasteiger partial charge in [0.2, 0.25) is 0 Å². The van der Waals surface area contributed by atoms with Gasteiger partial charge in [-0.1, -0.05) is 6.07 Å². The topological polar surface area (TPSA) is 32.7 Å². The molecule has 0 unspecified atom stereocenters. The van der Waals surface area contributed by atoms with Gasteiger partial charge >= 0.3 is 0 Å². The van der Waals surface area contributed by atoms with Gasteiger partial charge in [-0.15, -0.1) is 0 Å². The van der Waals surface area contributed by atoms with Crippen LogP contribution in [-0.4, -0.2) is 30.7 Å². The summed E-state index contributed by atoms with van der Waals surface area (Å²) in [5.41, 5.74) is -0.622. The summed E-state index contributed by atoms with van der Waals surface area (Å²) in [5.74, 6) is -2.34. The average molecular weight is 226 g/mol. The van der Waals surface area contributed by atoms with E-state index in [4.69, 9.17) is 0 Å². The molecule has 0 heterocycles. The lowest BCUT2D eigenvalue weighted by molar-refractivity contribution is 0.0993. The van der Waals surface area contributed by atoms with Crippen molar-refractivity contribution in [3.8, 4) is 0 Å². The standard InChI is InChI=1S/C11H12F2N2O/c1-7(15(2)3)14-11(16)10-8(12)5-4-6-9(10)13/h4-6H,1-3H3. The first kappa shape index (κ1) is 12.3. The van der Waals surface area contributed by atoms with Gasteiger partial charge in [-0.3, -0.25) is 4.79 Å². The summed E-state index contributed by atoms with van der Waals surface area (Å²) in [6.07, 6.45) is 0. The maximum atomic E-state index is 13.2. The van der Waals surface area contributed by atoms with E-state index >= 15 is 0 Å². The number of rotatable bonds is 1. The molecule has 1 aromatic rings. The monoisotopic (exact) mass is 226 g/mol. The van der Waals surface area contributed by atoms with Crippen LogP contribution in [0.5, 0.6) is 0 Å². The molecule has 1 amide bonds. The second-order valence-electron chi connectivity index (χ2n) is 3.46. The molecule has 0 aliphatic heterocycles. The fourth-order valence-electron chi connectivity index (χ4n) is 1.00. The van der Waals surface area contributed by atoms with Crippen LogP contribution in [0.1, 0.15) is 17.3 Å². The molecule has 16 heavy (non-hydrogen) atoms. The summed E-state index contributed by atoms with van der Waals surface area (Å²) in [6, 6.07) is 3.25. The van der Waals surface area contributed by atoms with E-state index in [1.165, 1.54) is 6.07 Å². The molecular formula is C11H12F2N2O. The Hall–Kier alpha value is -1.78. The number of benzene rings is 1. The Kier molecular flexibility index (Phi) is 3.71. The largest absolute Gasteiger partial charge is 0.366 e. The zero-order chi connectivity index (χ0) is 12.3. The molecule has 1 aromatic carbocycles. The minimum atomic E-state index is -0.915. The van der Waals surface area contributed by atoms with Gasteiger partial charge in [0.15, 0.2) is 0 Å². The minimum Gasteiger partial charge on any atom is -0.366 e. The maximum absolute atomic E-state index is 13.2. The lowest BCUT2D eigenvalue weighted by atomic mass is 10.2. The van der Waals surface area contributed by atoms with Crippen molar-refractivity contribution in [2.45, 2.75) is 6.92 Å². The van der Waals surface area contributed by atoms with Crippen LogP contribution in [0.2, 0.25) is 0 Å². The molecule has 0 aliphatic carbocycles. The highest BCUT2D eigenvalue weighted by molar-refractivity contribution is 6.02. The van der Waals surface area contributed by atoms with Crippen molar-refractivity contribution in [3.63, 3.8) is 0 Å². The number of halogens is 2. The molecule has 0 radical (unpaired) electrons. The number of amides is 1. The van der Waals surface area contributed by atoms with Crippen molar-refractivity contribution in [1.82, 2.24) is 4.90 Å². The highest BCUT2D eigenvalue weighted by atomic mass is 19.1. The second-order valence-corrected chi connectivity index (χ2v) is 3.46. The minimum absolute atomic E-state index is 0.382. The molecule has 0 aliphatic rings. The van der Waals surface area contributed by atoms with E-state index in [0.29, 0.717) is 5.84 Å². The second kappa shape index (κ2) is 4.83. The number of carbonyl (C=O) groups excluding carboxylic acids is 1. The maximum Gasteiger partial charge on any atom is 0.284 e. The third-order valence-electron chi connectivity index (χ3n) is 2.09. The molecule has 0 saturated heterocycles. The Morgan fingerprint density at radius 1 is 1.25 bits per heavy atom. The molecular weight excluding hydrogens is 214 g/mol. The van der Waals surface area contributed by atoms with Crippen molar-refractivity contribution in [2.75, 3.05) is 14.1 Å². The molecule has 0 bridgehead atoms. The van der Waals surface area contributed by atoms with Gasteiger partial charge in [0.1, 0.15) is 23.0 Å². The van der Waals surface area contributed by atoms with Gasteiger partial charge in [-0.25, -0.2) is 8.78 Å². The van der Waals surface area contributed by atoms with Gasteiger partial charge in [-0.2, -0.15) is 4.99 Å². The van der Waals surface area contributed by atoms with Gasteiger partial charge in [-0.05, 0) is 19.1 Å². The molecule has 0 spiro atoms. The van der Waals surface area contributed by atoms with Crippen LogP contribution in [0.15, 0.2) is 23.2 Å². The number of nitrogens with zero attached hydrogens (tertiary/aromatic N) is 2. The van der Waals surface area contributed by atoms with Crippen LogP contribution in [0, 0.1) is 11.6 Å². The molecule has 5 heteroatoms. The molecule has 3 nitrogen and oxygen atoms in total. The van der Waals surface area contributed by atoms with E-state index in [0.717, 1.165) is 12.1 Å². The molecule has 1 rings (SSSR count). The summed E-state index contributed by atoms with van der Waals surface area (Å²) < 4.78 is 26.4. The molecule has 0 atom stereocenters. The highest BCUT2D eigenvalue weighted by Crippen LogP contribution is 2.13. The summed E-state index contributed by atoms with van der Waals surface area (Å²) in [7, 11) is 3.37. The van der Waals surface area contributed by atoms with Crippen LogP contribution >= 0.6 is 0 Å². The lowest BCUT2D eigenvalue weighted by Gasteiger charge is -2.10. The van der Waals surface area contributed by atoms with E-state index in [1.807, 2.05) is 0 Å². The quantitative estimate of drug-likeness (QED) is 0.542. The van der Waals surface area contributed by atoms with Crippen LogP contribution in [0.25, 0.3) is 0 Å². The fourth-order valence-corrected chi connectivity index (χ4v) is 1.00. The Labute approximate surface area is 92.4 Å². The van der Waals surface area contributed by atoms with Crippen LogP contribution < -0.4 is 0 Å². The Morgan fingerprint density at radius 2 is 1.75 bits per heavy atom. The van der Waals surface area contributed by atoms with E-state index in [-0.39, 0.29) is 0 Å². The Morgan fingerprint density at radius 3 is 2.19 bits per heavy atom. The zero-order valence-corrected chi connectivity index (χ0v) is 9.29. The molecule has 0 fully saturated rings. The number of aliphatic imine (C=N–C) groups is 1. The number of carbonyl (C=O) groups is 1. The van der Waals surface area contributed by atoms with E-state index in [2.05, 4.69) is 4.99 Å². The van der Waals surface area contributed by atoms with Crippen LogP contribution in [0.4, 0.5) is 8.78 Å². The predicted octanol–water partition coefficient (Wildman–Crippen LogP) is 2.08. The third kappa shape index (κ3) is 2.62. The fraction of sp³-hybridized carbons (Fsp3) is 0.273. The molecule has 0 N–H and O–H groups in total. The van der Waals surface area contributed by atoms with Crippen molar-refractivity contribution >= 4 is 11.7 Å². The van der Waals surface area contributed by atoms with Crippen molar-refractivity contribution in [1.29, 1.82) is 0 Å². The average Bonchev–Trinajstić information content (AvgIpc) is 2.16. The third-order valence-corrected chi connectivity index (χ3v) is 2.09. The lowest BCUT2D eigenvalue weighted by Crippen LogP contribution is -2.20. The number of hydrogen-bond donors (Lipinski definition) is 0. The SMILES string of the molecule is CC(=NC(=O)c1c(F)cccc1F)N(C)C. The molecule has 86 valence electrons.